The van der Waals surface area contributed by atoms with E-state index in [4.69, 9.17) is 4.74 Å². The lowest BCUT2D eigenvalue weighted by Gasteiger charge is -2.32. The van der Waals surface area contributed by atoms with Crippen molar-refractivity contribution in [3.63, 3.8) is 0 Å². The number of aromatic nitrogens is 2. The Labute approximate surface area is 174 Å². The number of nitrogens with zero attached hydrogens (tertiary/aromatic N) is 3. The number of pyridine rings is 2. The molecule has 0 amide bonds. The van der Waals surface area contributed by atoms with Crippen LogP contribution in [0.2, 0.25) is 0 Å². The SMILES string of the molecule is Cc1cc(F)ccc1S(=O)(=O)N1CCO[C@H](c2cccc(Nc3ccccn3)n2)C1. The molecule has 0 spiro atoms. The minimum absolute atomic E-state index is 0.100. The Morgan fingerprint density at radius 1 is 1.13 bits per heavy atom. The lowest BCUT2D eigenvalue weighted by atomic mass is 10.2. The fourth-order valence-electron chi connectivity index (χ4n) is 3.33. The third-order valence-electron chi connectivity index (χ3n) is 4.81. The summed E-state index contributed by atoms with van der Waals surface area (Å²) in [7, 11) is -3.78. The Hall–Kier alpha value is -2.88. The number of nitrogens with one attached hydrogen (secondary N) is 1. The standard InChI is InChI=1S/C21H21FN4O3S/c1-15-13-16(22)8-9-19(15)30(27,28)26-11-12-29-18(14-26)17-5-4-7-21(24-17)25-20-6-2-3-10-23-20/h2-10,13,18H,11-12,14H2,1H3,(H,23,24,25)/t18-/m0/s1. The van der Waals surface area contributed by atoms with Crippen molar-refractivity contribution in [2.24, 2.45) is 0 Å². The van der Waals surface area contributed by atoms with Gasteiger partial charge in [0.25, 0.3) is 0 Å². The van der Waals surface area contributed by atoms with Crippen LogP contribution in [0.1, 0.15) is 17.4 Å². The Morgan fingerprint density at radius 3 is 2.73 bits per heavy atom. The van der Waals surface area contributed by atoms with E-state index in [1.54, 1.807) is 25.3 Å². The van der Waals surface area contributed by atoms with E-state index in [0.717, 1.165) is 6.07 Å². The zero-order valence-electron chi connectivity index (χ0n) is 16.3. The van der Waals surface area contributed by atoms with Gasteiger partial charge in [0, 0.05) is 19.3 Å². The Morgan fingerprint density at radius 2 is 1.97 bits per heavy atom. The lowest BCUT2D eigenvalue weighted by molar-refractivity contribution is -0.00487. The van der Waals surface area contributed by atoms with E-state index in [1.807, 2.05) is 24.3 Å². The Kier molecular flexibility index (Phi) is 5.76. The predicted octanol–water partition coefficient (Wildman–Crippen LogP) is 3.43. The van der Waals surface area contributed by atoms with Gasteiger partial charge in [0.2, 0.25) is 10.0 Å². The maximum atomic E-state index is 13.4. The van der Waals surface area contributed by atoms with Gasteiger partial charge in [0.1, 0.15) is 23.6 Å². The molecule has 0 aliphatic carbocycles. The van der Waals surface area contributed by atoms with E-state index >= 15 is 0 Å². The van der Waals surface area contributed by atoms with Crippen LogP contribution < -0.4 is 5.32 Å². The van der Waals surface area contributed by atoms with Crippen molar-refractivity contribution in [3.05, 3.63) is 77.9 Å². The summed E-state index contributed by atoms with van der Waals surface area (Å²) in [6.07, 6.45) is 1.16. The number of anilines is 2. The number of ether oxygens (including phenoxy) is 1. The van der Waals surface area contributed by atoms with Gasteiger partial charge in [-0.25, -0.2) is 22.8 Å². The molecule has 1 N–H and O–H groups in total. The molecule has 7 nitrogen and oxygen atoms in total. The number of rotatable bonds is 5. The molecule has 1 saturated heterocycles. The predicted molar refractivity (Wildman–Crippen MR) is 110 cm³/mol. The highest BCUT2D eigenvalue weighted by molar-refractivity contribution is 7.89. The van der Waals surface area contributed by atoms with Crippen molar-refractivity contribution >= 4 is 21.7 Å². The molecule has 1 aliphatic rings. The third-order valence-corrected chi connectivity index (χ3v) is 6.83. The maximum Gasteiger partial charge on any atom is 0.243 e. The Balaban J connectivity index is 1.55. The molecule has 4 rings (SSSR count). The number of morpholine rings is 1. The second-order valence-corrected chi connectivity index (χ2v) is 8.83. The topological polar surface area (TPSA) is 84.4 Å². The fraction of sp³-hybridized carbons (Fsp3) is 0.238. The first-order valence-electron chi connectivity index (χ1n) is 9.46. The van der Waals surface area contributed by atoms with E-state index in [2.05, 4.69) is 15.3 Å². The molecule has 0 saturated carbocycles. The van der Waals surface area contributed by atoms with Crippen LogP contribution >= 0.6 is 0 Å². The molecular formula is C21H21FN4O3S. The summed E-state index contributed by atoms with van der Waals surface area (Å²) < 4.78 is 46.8. The quantitative estimate of drug-likeness (QED) is 0.670. The first kappa shape index (κ1) is 20.4. The molecule has 0 bridgehead atoms. The van der Waals surface area contributed by atoms with E-state index in [-0.39, 0.29) is 24.6 Å². The van der Waals surface area contributed by atoms with Crippen LogP contribution in [0.15, 0.2) is 65.7 Å². The summed E-state index contributed by atoms with van der Waals surface area (Å²) in [5.41, 5.74) is 0.990. The van der Waals surface area contributed by atoms with Gasteiger partial charge >= 0.3 is 0 Å². The number of aryl methyl sites for hydroxylation is 1. The molecule has 1 fully saturated rings. The maximum absolute atomic E-state index is 13.4. The Bertz CT molecular complexity index is 1140. The normalized spacial score (nSPS) is 17.6. The number of hydrogen-bond acceptors (Lipinski definition) is 6. The van der Waals surface area contributed by atoms with Crippen LogP contribution in [0.5, 0.6) is 0 Å². The highest BCUT2D eigenvalue weighted by Gasteiger charge is 2.33. The molecule has 3 heterocycles. The summed E-state index contributed by atoms with van der Waals surface area (Å²) in [5, 5.41) is 3.12. The molecule has 0 unspecified atom stereocenters. The van der Waals surface area contributed by atoms with Gasteiger partial charge in [-0.3, -0.25) is 0 Å². The second kappa shape index (κ2) is 8.47. The van der Waals surface area contributed by atoms with Gasteiger partial charge < -0.3 is 10.1 Å². The number of benzene rings is 1. The molecule has 0 radical (unpaired) electrons. The average molecular weight is 428 g/mol. The molecule has 1 aliphatic heterocycles. The van der Waals surface area contributed by atoms with Crippen LogP contribution in [-0.4, -0.2) is 42.4 Å². The van der Waals surface area contributed by atoms with E-state index in [9.17, 15) is 12.8 Å². The summed E-state index contributed by atoms with van der Waals surface area (Å²) >= 11 is 0. The summed E-state index contributed by atoms with van der Waals surface area (Å²) in [6, 6.07) is 14.6. The van der Waals surface area contributed by atoms with Gasteiger partial charge in [-0.05, 0) is 55.0 Å². The fourth-order valence-corrected chi connectivity index (χ4v) is 4.96. The van der Waals surface area contributed by atoms with E-state index < -0.39 is 21.9 Å². The van der Waals surface area contributed by atoms with Gasteiger partial charge in [0.15, 0.2) is 0 Å². The summed E-state index contributed by atoms with van der Waals surface area (Å²) in [5.74, 6) is 0.777. The zero-order chi connectivity index (χ0) is 21.1. The van der Waals surface area contributed by atoms with Crippen molar-refractivity contribution in [2.45, 2.75) is 17.9 Å². The van der Waals surface area contributed by atoms with E-state index in [1.165, 1.54) is 16.4 Å². The van der Waals surface area contributed by atoms with Crippen LogP contribution in [0.3, 0.4) is 0 Å². The largest absolute Gasteiger partial charge is 0.369 e. The first-order valence-corrected chi connectivity index (χ1v) is 10.9. The molecular weight excluding hydrogens is 407 g/mol. The first-order chi connectivity index (χ1) is 14.4. The van der Waals surface area contributed by atoms with Crippen molar-refractivity contribution in [1.82, 2.24) is 14.3 Å². The molecule has 9 heteroatoms. The monoisotopic (exact) mass is 428 g/mol. The van der Waals surface area contributed by atoms with Crippen molar-refractivity contribution in [2.75, 3.05) is 25.0 Å². The number of halogens is 1. The molecule has 156 valence electrons. The molecule has 3 aromatic rings. The molecule has 30 heavy (non-hydrogen) atoms. The molecule has 1 aromatic carbocycles. The number of sulfonamides is 1. The van der Waals surface area contributed by atoms with Crippen molar-refractivity contribution in [3.8, 4) is 0 Å². The minimum Gasteiger partial charge on any atom is -0.369 e. The zero-order valence-corrected chi connectivity index (χ0v) is 17.1. The highest BCUT2D eigenvalue weighted by atomic mass is 32.2. The van der Waals surface area contributed by atoms with Crippen LogP contribution in [-0.2, 0) is 14.8 Å². The number of hydrogen-bond donors (Lipinski definition) is 1. The van der Waals surface area contributed by atoms with Gasteiger partial charge in [-0.2, -0.15) is 4.31 Å². The van der Waals surface area contributed by atoms with Crippen LogP contribution in [0, 0.1) is 12.7 Å². The highest BCUT2D eigenvalue weighted by Crippen LogP contribution is 2.28. The van der Waals surface area contributed by atoms with Gasteiger partial charge in [-0.15, -0.1) is 0 Å². The average Bonchev–Trinajstić information content (AvgIpc) is 2.74. The molecule has 1 atom stereocenters. The van der Waals surface area contributed by atoms with E-state index in [0.29, 0.717) is 22.9 Å². The van der Waals surface area contributed by atoms with Gasteiger partial charge in [-0.1, -0.05) is 12.1 Å². The minimum atomic E-state index is -3.78. The van der Waals surface area contributed by atoms with Gasteiger partial charge in [0.05, 0.1) is 17.2 Å². The second-order valence-electron chi connectivity index (χ2n) is 6.92. The van der Waals surface area contributed by atoms with Crippen molar-refractivity contribution in [1.29, 1.82) is 0 Å². The van der Waals surface area contributed by atoms with Crippen LogP contribution in [0.25, 0.3) is 0 Å². The third kappa shape index (κ3) is 4.33. The molecule has 2 aromatic heterocycles. The summed E-state index contributed by atoms with van der Waals surface area (Å²) in [4.78, 5) is 8.87. The lowest BCUT2D eigenvalue weighted by Crippen LogP contribution is -2.42. The summed E-state index contributed by atoms with van der Waals surface area (Å²) in [6.45, 7) is 2.17. The van der Waals surface area contributed by atoms with Crippen LogP contribution in [0.4, 0.5) is 16.0 Å². The van der Waals surface area contributed by atoms with Crippen molar-refractivity contribution < 1.29 is 17.5 Å². The smallest absolute Gasteiger partial charge is 0.243 e.